The van der Waals surface area contributed by atoms with Gasteiger partial charge in [0.15, 0.2) is 0 Å². The first-order chi connectivity index (χ1) is 8.95. The number of carbonyl (C=O) groups is 1. The van der Waals surface area contributed by atoms with Crippen molar-refractivity contribution in [1.82, 2.24) is 10.0 Å². The van der Waals surface area contributed by atoms with Crippen molar-refractivity contribution >= 4 is 16.1 Å². The van der Waals surface area contributed by atoms with E-state index in [-0.39, 0.29) is 4.90 Å². The zero-order chi connectivity index (χ0) is 14.3. The minimum Gasteiger partial charge on any atom is -0.385 e. The normalized spacial score (nSPS) is 11.1. The van der Waals surface area contributed by atoms with Crippen molar-refractivity contribution in [1.29, 1.82) is 0 Å². The van der Waals surface area contributed by atoms with Crippen molar-refractivity contribution in [3.63, 3.8) is 0 Å². The molecule has 0 aromatic heterocycles. The number of amides is 2. The second-order valence-electron chi connectivity index (χ2n) is 4.02. The highest BCUT2D eigenvalue weighted by Crippen LogP contribution is 2.09. The van der Waals surface area contributed by atoms with E-state index >= 15 is 0 Å². The standard InChI is InChI=1S/C12H18N2O4S/c1-10-4-6-11(7-5-10)19(16,17)14-12(15)13-8-3-9-18-2/h4-7H,3,8-9H2,1-2H3,(H2,13,14,15). The van der Waals surface area contributed by atoms with E-state index in [1.165, 1.54) is 12.1 Å². The SMILES string of the molecule is COCCCNC(=O)NS(=O)(=O)c1ccc(C)cc1. The van der Waals surface area contributed by atoms with Crippen LogP contribution in [0, 0.1) is 6.92 Å². The van der Waals surface area contributed by atoms with E-state index in [1.807, 2.05) is 11.6 Å². The fraction of sp³-hybridized carbons (Fsp3) is 0.417. The number of hydrogen-bond acceptors (Lipinski definition) is 4. The molecule has 2 amide bonds. The van der Waals surface area contributed by atoms with Crippen LogP contribution in [0.15, 0.2) is 29.2 Å². The van der Waals surface area contributed by atoms with Crippen LogP contribution in [0.3, 0.4) is 0 Å². The molecule has 0 bridgehead atoms. The van der Waals surface area contributed by atoms with Crippen molar-refractivity contribution < 1.29 is 17.9 Å². The number of nitrogens with one attached hydrogen (secondary N) is 2. The molecule has 0 aliphatic rings. The first-order valence-corrected chi connectivity index (χ1v) is 7.30. The molecule has 0 saturated heterocycles. The second-order valence-corrected chi connectivity index (χ2v) is 5.70. The molecule has 19 heavy (non-hydrogen) atoms. The zero-order valence-corrected chi connectivity index (χ0v) is 11.8. The van der Waals surface area contributed by atoms with Crippen molar-refractivity contribution in [2.75, 3.05) is 20.3 Å². The molecular formula is C12H18N2O4S. The number of aryl methyl sites for hydroxylation is 1. The maximum atomic E-state index is 11.8. The van der Waals surface area contributed by atoms with Gasteiger partial charge in [0.05, 0.1) is 4.90 Å². The number of rotatable bonds is 6. The van der Waals surface area contributed by atoms with Crippen LogP contribution in [0.4, 0.5) is 4.79 Å². The van der Waals surface area contributed by atoms with Crippen LogP contribution < -0.4 is 10.0 Å². The Morgan fingerprint density at radius 3 is 2.47 bits per heavy atom. The average Bonchev–Trinajstić information content (AvgIpc) is 2.34. The molecule has 0 aliphatic heterocycles. The molecule has 0 aliphatic carbocycles. The van der Waals surface area contributed by atoms with Gasteiger partial charge in [0.1, 0.15) is 0 Å². The number of sulfonamides is 1. The molecule has 106 valence electrons. The lowest BCUT2D eigenvalue weighted by molar-refractivity contribution is 0.194. The minimum atomic E-state index is -3.81. The number of urea groups is 1. The maximum Gasteiger partial charge on any atom is 0.328 e. The lowest BCUT2D eigenvalue weighted by Crippen LogP contribution is -2.39. The van der Waals surface area contributed by atoms with E-state index in [2.05, 4.69) is 5.32 Å². The van der Waals surface area contributed by atoms with Gasteiger partial charge in [0.25, 0.3) is 10.0 Å². The van der Waals surface area contributed by atoms with Crippen LogP contribution in [0.1, 0.15) is 12.0 Å². The Bertz CT molecular complexity index is 511. The van der Waals surface area contributed by atoms with Crippen LogP contribution in [0.5, 0.6) is 0 Å². The van der Waals surface area contributed by atoms with Gasteiger partial charge in [-0.1, -0.05) is 17.7 Å². The molecule has 1 rings (SSSR count). The second kappa shape index (κ2) is 7.10. The number of benzene rings is 1. The highest BCUT2D eigenvalue weighted by molar-refractivity contribution is 7.90. The van der Waals surface area contributed by atoms with Crippen LogP contribution in [-0.4, -0.2) is 34.7 Å². The van der Waals surface area contributed by atoms with E-state index in [9.17, 15) is 13.2 Å². The van der Waals surface area contributed by atoms with Gasteiger partial charge in [0, 0.05) is 20.3 Å². The Morgan fingerprint density at radius 1 is 1.26 bits per heavy atom. The molecule has 0 atom stereocenters. The lowest BCUT2D eigenvalue weighted by Gasteiger charge is -2.08. The van der Waals surface area contributed by atoms with Crippen LogP contribution >= 0.6 is 0 Å². The van der Waals surface area contributed by atoms with Crippen molar-refractivity contribution in [2.45, 2.75) is 18.2 Å². The first kappa shape index (κ1) is 15.5. The van der Waals surface area contributed by atoms with Gasteiger partial charge in [0.2, 0.25) is 0 Å². The predicted octanol–water partition coefficient (Wildman–Crippen LogP) is 1.02. The average molecular weight is 286 g/mol. The van der Waals surface area contributed by atoms with Crippen LogP contribution in [-0.2, 0) is 14.8 Å². The quantitative estimate of drug-likeness (QED) is 0.765. The molecule has 2 N–H and O–H groups in total. The summed E-state index contributed by atoms with van der Waals surface area (Å²) in [5, 5.41) is 2.45. The summed E-state index contributed by atoms with van der Waals surface area (Å²) in [6.07, 6.45) is 0.620. The number of methoxy groups -OCH3 is 1. The summed E-state index contributed by atoms with van der Waals surface area (Å²) >= 11 is 0. The Hall–Kier alpha value is -1.60. The Morgan fingerprint density at radius 2 is 1.89 bits per heavy atom. The van der Waals surface area contributed by atoms with E-state index in [1.54, 1.807) is 19.2 Å². The molecule has 0 fully saturated rings. The molecule has 0 saturated carbocycles. The van der Waals surface area contributed by atoms with E-state index in [4.69, 9.17) is 4.74 Å². The van der Waals surface area contributed by atoms with E-state index < -0.39 is 16.1 Å². The number of ether oxygens (including phenoxy) is 1. The summed E-state index contributed by atoms with van der Waals surface area (Å²) < 4.78 is 30.5. The summed E-state index contributed by atoms with van der Waals surface area (Å²) in [5.74, 6) is 0. The third-order valence-electron chi connectivity index (χ3n) is 2.37. The highest BCUT2D eigenvalue weighted by Gasteiger charge is 2.16. The van der Waals surface area contributed by atoms with Crippen molar-refractivity contribution in [2.24, 2.45) is 0 Å². The Balaban J connectivity index is 2.55. The van der Waals surface area contributed by atoms with Gasteiger partial charge >= 0.3 is 6.03 Å². The molecule has 1 aromatic carbocycles. The third kappa shape index (κ3) is 5.27. The maximum absolute atomic E-state index is 11.8. The zero-order valence-electron chi connectivity index (χ0n) is 11.0. The molecule has 0 radical (unpaired) electrons. The summed E-state index contributed by atoms with van der Waals surface area (Å²) in [6, 6.07) is 5.51. The Labute approximate surface area is 113 Å². The highest BCUT2D eigenvalue weighted by atomic mass is 32.2. The van der Waals surface area contributed by atoms with E-state index in [0.29, 0.717) is 19.6 Å². The monoisotopic (exact) mass is 286 g/mol. The van der Waals surface area contributed by atoms with Gasteiger partial charge in [-0.15, -0.1) is 0 Å². The van der Waals surface area contributed by atoms with Crippen molar-refractivity contribution in [3.8, 4) is 0 Å². The topological polar surface area (TPSA) is 84.5 Å². The lowest BCUT2D eigenvalue weighted by atomic mass is 10.2. The van der Waals surface area contributed by atoms with E-state index in [0.717, 1.165) is 5.56 Å². The van der Waals surface area contributed by atoms with Crippen LogP contribution in [0.2, 0.25) is 0 Å². The number of hydrogen-bond donors (Lipinski definition) is 2. The summed E-state index contributed by atoms with van der Waals surface area (Å²) in [6.45, 7) is 2.71. The minimum absolute atomic E-state index is 0.0603. The van der Waals surface area contributed by atoms with Crippen molar-refractivity contribution in [3.05, 3.63) is 29.8 Å². The summed E-state index contributed by atoms with van der Waals surface area (Å²) in [7, 11) is -2.25. The molecular weight excluding hydrogens is 268 g/mol. The Kier molecular flexibility index (Phi) is 5.78. The molecule has 1 aromatic rings. The van der Waals surface area contributed by atoms with Gasteiger partial charge in [-0.05, 0) is 25.5 Å². The molecule has 0 heterocycles. The fourth-order valence-corrected chi connectivity index (χ4v) is 2.28. The third-order valence-corrected chi connectivity index (χ3v) is 3.72. The smallest absolute Gasteiger partial charge is 0.328 e. The summed E-state index contributed by atoms with van der Waals surface area (Å²) in [4.78, 5) is 11.5. The van der Waals surface area contributed by atoms with Gasteiger partial charge in [-0.2, -0.15) is 0 Å². The molecule has 6 nitrogen and oxygen atoms in total. The number of carbonyl (C=O) groups excluding carboxylic acids is 1. The molecule has 7 heteroatoms. The first-order valence-electron chi connectivity index (χ1n) is 5.82. The fourth-order valence-electron chi connectivity index (χ4n) is 1.35. The predicted molar refractivity (Wildman–Crippen MR) is 71.4 cm³/mol. The molecule has 0 unspecified atom stereocenters. The van der Waals surface area contributed by atoms with Crippen LogP contribution in [0.25, 0.3) is 0 Å². The molecule has 0 spiro atoms. The van der Waals surface area contributed by atoms with Gasteiger partial charge in [-0.25, -0.2) is 17.9 Å². The van der Waals surface area contributed by atoms with Gasteiger partial charge < -0.3 is 10.1 Å². The summed E-state index contributed by atoms with van der Waals surface area (Å²) in [5.41, 5.74) is 0.947. The largest absolute Gasteiger partial charge is 0.385 e. The van der Waals surface area contributed by atoms with Gasteiger partial charge in [-0.3, -0.25) is 0 Å².